The molecule has 0 heterocycles. The quantitative estimate of drug-likeness (QED) is 0.529. The van der Waals surface area contributed by atoms with Crippen molar-refractivity contribution in [2.45, 2.75) is 12.5 Å². The lowest BCUT2D eigenvalue weighted by atomic mass is 9.99. The van der Waals surface area contributed by atoms with Crippen LogP contribution in [0, 0.1) is 0 Å². The summed E-state index contributed by atoms with van der Waals surface area (Å²) >= 11 is 0. The lowest BCUT2D eigenvalue weighted by Gasteiger charge is -2.17. The van der Waals surface area contributed by atoms with Crippen LogP contribution in [0.2, 0.25) is 0 Å². The zero-order chi connectivity index (χ0) is 18.4. The second-order valence-electron chi connectivity index (χ2n) is 5.51. The van der Waals surface area contributed by atoms with E-state index in [1.165, 1.54) is 7.11 Å². The van der Waals surface area contributed by atoms with E-state index >= 15 is 0 Å². The number of rotatable bonds is 8. The second-order valence-corrected chi connectivity index (χ2v) is 7.16. The van der Waals surface area contributed by atoms with E-state index in [4.69, 9.17) is 14.5 Å². The number of benzene rings is 2. The van der Waals surface area contributed by atoms with Gasteiger partial charge in [0.25, 0.3) is 0 Å². The van der Waals surface area contributed by atoms with Crippen molar-refractivity contribution in [2.75, 3.05) is 13.4 Å². The smallest absolute Gasteiger partial charge is 0.339 e. The van der Waals surface area contributed by atoms with Gasteiger partial charge in [-0.05, 0) is 22.8 Å². The van der Waals surface area contributed by atoms with E-state index in [2.05, 4.69) is 5.32 Å². The molecular formula is C17H20NO6P. The first-order valence-electron chi connectivity index (χ1n) is 7.53. The maximum Gasteiger partial charge on any atom is 0.339 e. The maximum absolute atomic E-state index is 11.4. The fourth-order valence-corrected chi connectivity index (χ4v) is 2.88. The molecule has 0 aromatic heterocycles. The molecule has 0 aliphatic rings. The number of aliphatic carboxylic acids is 1. The minimum atomic E-state index is -4.34. The van der Waals surface area contributed by atoms with Gasteiger partial charge in [-0.15, -0.1) is 0 Å². The van der Waals surface area contributed by atoms with Crippen molar-refractivity contribution in [2.24, 2.45) is 0 Å². The summed E-state index contributed by atoms with van der Waals surface area (Å²) in [4.78, 5) is 29.2. The number of ether oxygens (including phenoxy) is 1. The van der Waals surface area contributed by atoms with Crippen LogP contribution in [0.1, 0.15) is 5.56 Å². The molecule has 0 aliphatic heterocycles. The van der Waals surface area contributed by atoms with Crippen LogP contribution in [0.5, 0.6) is 5.75 Å². The van der Waals surface area contributed by atoms with E-state index in [0.717, 1.165) is 11.1 Å². The highest BCUT2D eigenvalue weighted by molar-refractivity contribution is 7.51. The van der Waals surface area contributed by atoms with Crippen molar-refractivity contribution >= 4 is 13.6 Å². The van der Waals surface area contributed by atoms with Crippen molar-refractivity contribution in [3.8, 4) is 16.9 Å². The van der Waals surface area contributed by atoms with Crippen molar-refractivity contribution in [3.63, 3.8) is 0 Å². The monoisotopic (exact) mass is 365 g/mol. The Kier molecular flexibility index (Phi) is 6.33. The molecule has 2 aromatic carbocycles. The summed E-state index contributed by atoms with van der Waals surface area (Å²) in [5.74, 6) is -0.673. The lowest BCUT2D eigenvalue weighted by Crippen LogP contribution is -2.39. The van der Waals surface area contributed by atoms with E-state index in [1.54, 1.807) is 6.07 Å². The van der Waals surface area contributed by atoms with Crippen LogP contribution in [0.15, 0.2) is 48.5 Å². The number of carboxylic acids is 1. The van der Waals surface area contributed by atoms with Crippen molar-refractivity contribution < 1.29 is 29.0 Å². The summed E-state index contributed by atoms with van der Waals surface area (Å²) < 4.78 is 16.3. The van der Waals surface area contributed by atoms with Gasteiger partial charge in [0.05, 0.1) is 13.4 Å². The standard InChI is InChI=1S/C17H20NO6P/c1-24-16-10-13(12-5-3-2-4-6-12)7-8-14(16)9-15(17(19)20)18-11-25(21,22)23/h2-8,10,15,18H,9,11H2,1H3,(H,19,20)(H2,21,22,23)/t15-/m0/s1. The third-order valence-electron chi connectivity index (χ3n) is 3.66. The molecule has 7 nitrogen and oxygen atoms in total. The van der Waals surface area contributed by atoms with Gasteiger partial charge in [0.15, 0.2) is 0 Å². The molecule has 0 saturated carbocycles. The lowest BCUT2D eigenvalue weighted by molar-refractivity contribution is -0.139. The van der Waals surface area contributed by atoms with Crippen LogP contribution >= 0.6 is 7.60 Å². The van der Waals surface area contributed by atoms with E-state index in [0.29, 0.717) is 11.3 Å². The molecule has 2 aromatic rings. The Morgan fingerprint density at radius 2 is 1.84 bits per heavy atom. The van der Waals surface area contributed by atoms with E-state index in [1.807, 2.05) is 42.5 Å². The zero-order valence-corrected chi connectivity index (χ0v) is 14.5. The Labute approximate surface area is 145 Å². The van der Waals surface area contributed by atoms with E-state index in [9.17, 15) is 14.5 Å². The van der Waals surface area contributed by atoms with E-state index < -0.39 is 25.9 Å². The van der Waals surface area contributed by atoms with Gasteiger partial charge < -0.3 is 19.6 Å². The van der Waals surface area contributed by atoms with Gasteiger partial charge in [-0.25, -0.2) is 0 Å². The SMILES string of the molecule is COc1cc(-c2ccccc2)ccc1C[C@H](NCP(=O)(O)O)C(=O)O. The van der Waals surface area contributed by atoms with Crippen molar-refractivity contribution in [1.82, 2.24) is 5.32 Å². The molecule has 0 aliphatic carbocycles. The van der Waals surface area contributed by atoms with Gasteiger partial charge in [-0.2, -0.15) is 0 Å². The second kappa shape index (κ2) is 8.27. The topological polar surface area (TPSA) is 116 Å². The van der Waals surface area contributed by atoms with Gasteiger partial charge in [0.2, 0.25) is 0 Å². The molecule has 4 N–H and O–H groups in total. The number of hydrogen-bond acceptors (Lipinski definition) is 4. The molecule has 0 saturated heterocycles. The first-order chi connectivity index (χ1) is 11.8. The zero-order valence-electron chi connectivity index (χ0n) is 13.6. The predicted molar refractivity (Wildman–Crippen MR) is 93.6 cm³/mol. The summed E-state index contributed by atoms with van der Waals surface area (Å²) in [7, 11) is -2.84. The molecular weight excluding hydrogens is 345 g/mol. The number of carbonyl (C=O) groups is 1. The Morgan fingerprint density at radius 1 is 1.16 bits per heavy atom. The molecule has 0 unspecified atom stereocenters. The maximum atomic E-state index is 11.4. The van der Waals surface area contributed by atoms with Crippen LogP contribution < -0.4 is 10.1 Å². The number of carboxylic acid groups (broad SMARTS) is 1. The summed E-state index contributed by atoms with van der Waals surface area (Å²) in [5.41, 5.74) is 2.56. The molecule has 134 valence electrons. The van der Waals surface area contributed by atoms with Crippen LogP contribution in [0.3, 0.4) is 0 Å². The van der Waals surface area contributed by atoms with Crippen molar-refractivity contribution in [1.29, 1.82) is 0 Å². The van der Waals surface area contributed by atoms with Crippen LogP contribution in [-0.4, -0.2) is 40.3 Å². The Hall–Kier alpha value is -2.18. The summed E-state index contributed by atoms with van der Waals surface area (Å²) in [6.45, 7) is 0. The molecule has 25 heavy (non-hydrogen) atoms. The normalized spacial score (nSPS) is 12.6. The minimum absolute atomic E-state index is 0.0353. The van der Waals surface area contributed by atoms with E-state index in [-0.39, 0.29) is 6.42 Å². The minimum Gasteiger partial charge on any atom is -0.496 e. The fraction of sp³-hybridized carbons (Fsp3) is 0.235. The summed E-state index contributed by atoms with van der Waals surface area (Å²) in [6, 6.07) is 14.0. The molecule has 0 bridgehead atoms. The molecule has 8 heteroatoms. The van der Waals surface area contributed by atoms with Gasteiger partial charge in [-0.3, -0.25) is 14.7 Å². The van der Waals surface area contributed by atoms with Gasteiger partial charge in [-0.1, -0.05) is 42.5 Å². The van der Waals surface area contributed by atoms with Gasteiger partial charge >= 0.3 is 13.6 Å². The predicted octanol–water partition coefficient (Wildman–Crippen LogP) is 2.08. The molecule has 0 radical (unpaired) electrons. The first-order valence-corrected chi connectivity index (χ1v) is 9.33. The number of hydrogen-bond donors (Lipinski definition) is 4. The first kappa shape index (κ1) is 19.1. The molecule has 2 rings (SSSR count). The summed E-state index contributed by atoms with van der Waals surface area (Å²) in [6.07, 6.45) is -0.665. The molecule has 0 fully saturated rings. The van der Waals surface area contributed by atoms with Gasteiger partial charge in [0.1, 0.15) is 11.8 Å². The molecule has 0 amide bonds. The molecule has 1 atom stereocenters. The Bertz CT molecular complexity index is 774. The van der Waals surface area contributed by atoms with Gasteiger partial charge in [0, 0.05) is 6.42 Å². The highest BCUT2D eigenvalue weighted by Crippen LogP contribution is 2.33. The third kappa shape index (κ3) is 5.69. The third-order valence-corrected chi connectivity index (χ3v) is 4.25. The Morgan fingerprint density at radius 3 is 2.40 bits per heavy atom. The summed E-state index contributed by atoms with van der Waals surface area (Å²) in [5, 5.41) is 11.7. The number of methoxy groups -OCH3 is 1. The van der Waals surface area contributed by atoms with Crippen LogP contribution in [-0.2, 0) is 15.8 Å². The van der Waals surface area contributed by atoms with Crippen LogP contribution in [0.4, 0.5) is 0 Å². The van der Waals surface area contributed by atoms with Crippen LogP contribution in [0.25, 0.3) is 11.1 Å². The highest BCUT2D eigenvalue weighted by Gasteiger charge is 2.23. The Balaban J connectivity index is 2.22. The number of nitrogens with one attached hydrogen (secondary N) is 1. The largest absolute Gasteiger partial charge is 0.496 e. The average molecular weight is 365 g/mol. The molecule has 0 spiro atoms. The van der Waals surface area contributed by atoms with Crippen molar-refractivity contribution in [3.05, 3.63) is 54.1 Å². The average Bonchev–Trinajstić information content (AvgIpc) is 2.58. The fourth-order valence-electron chi connectivity index (χ4n) is 2.42. The highest BCUT2D eigenvalue weighted by atomic mass is 31.2.